The summed E-state index contributed by atoms with van der Waals surface area (Å²) >= 11 is 0. The number of ether oxygens (including phenoxy) is 1. The average Bonchev–Trinajstić information content (AvgIpc) is 2.32. The molecule has 0 radical (unpaired) electrons. The van der Waals surface area contributed by atoms with Crippen LogP contribution in [0.5, 0.6) is 5.75 Å². The van der Waals surface area contributed by atoms with Crippen molar-refractivity contribution in [3.05, 3.63) is 29.3 Å². The van der Waals surface area contributed by atoms with Crippen LogP contribution in [0.1, 0.15) is 29.8 Å². The van der Waals surface area contributed by atoms with Gasteiger partial charge in [0.2, 0.25) is 0 Å². The van der Waals surface area contributed by atoms with Crippen molar-refractivity contribution in [3.8, 4) is 5.75 Å². The summed E-state index contributed by atoms with van der Waals surface area (Å²) in [5.74, 6) is -1.20. The minimum atomic E-state index is -0.891. The first-order valence-electron chi connectivity index (χ1n) is 5.74. The number of carbonyl (C=O) groups is 2. The van der Waals surface area contributed by atoms with Gasteiger partial charge in [0.05, 0.1) is 0 Å². The number of esters is 1. The lowest BCUT2D eigenvalue weighted by atomic mass is 10.1. The van der Waals surface area contributed by atoms with Crippen LogP contribution in [0.25, 0.3) is 0 Å². The molecule has 0 saturated carbocycles. The van der Waals surface area contributed by atoms with E-state index in [4.69, 9.17) is 4.74 Å². The third-order valence-corrected chi connectivity index (χ3v) is 2.46. The Morgan fingerprint density at radius 3 is 2.72 bits per heavy atom. The van der Waals surface area contributed by atoms with Crippen molar-refractivity contribution in [2.75, 3.05) is 6.54 Å². The molecule has 0 aliphatic carbocycles. The van der Waals surface area contributed by atoms with Crippen molar-refractivity contribution >= 4 is 11.9 Å². The number of benzene rings is 1. The Morgan fingerprint density at radius 1 is 1.44 bits per heavy atom. The average molecular weight is 251 g/mol. The first kappa shape index (κ1) is 14.0. The largest absolute Gasteiger partial charge is 0.507 e. The lowest BCUT2D eigenvalue weighted by Crippen LogP contribution is -2.35. The van der Waals surface area contributed by atoms with Crippen LogP contribution in [-0.2, 0) is 9.53 Å². The lowest BCUT2D eigenvalue weighted by Gasteiger charge is -2.13. The fourth-order valence-corrected chi connectivity index (χ4v) is 1.42. The Bertz CT molecular complexity index is 456. The highest BCUT2D eigenvalue weighted by molar-refractivity contribution is 5.94. The molecule has 0 unspecified atom stereocenters. The summed E-state index contributed by atoms with van der Waals surface area (Å²) in [5, 5.41) is 12.3. The zero-order valence-corrected chi connectivity index (χ0v) is 10.7. The summed E-state index contributed by atoms with van der Waals surface area (Å²) in [4.78, 5) is 23.2. The molecular weight excluding hydrogens is 234 g/mol. The Hall–Kier alpha value is -2.04. The van der Waals surface area contributed by atoms with Gasteiger partial charge in [-0.15, -0.1) is 0 Å². The van der Waals surface area contributed by atoms with Gasteiger partial charge in [-0.1, -0.05) is 12.1 Å². The summed E-state index contributed by atoms with van der Waals surface area (Å²) in [5.41, 5.74) is 0.640. The quantitative estimate of drug-likeness (QED) is 0.793. The zero-order chi connectivity index (χ0) is 13.7. The molecule has 1 aromatic carbocycles. The number of aryl methyl sites for hydroxylation is 1. The van der Waals surface area contributed by atoms with Crippen molar-refractivity contribution in [2.24, 2.45) is 0 Å². The summed E-state index contributed by atoms with van der Waals surface area (Å²) in [7, 11) is 0. The van der Waals surface area contributed by atoms with Gasteiger partial charge in [0.25, 0.3) is 5.91 Å². The summed E-state index contributed by atoms with van der Waals surface area (Å²) in [6.45, 7) is 5.41. The minimum absolute atomic E-state index is 0.0612. The molecule has 1 aromatic rings. The van der Waals surface area contributed by atoms with Gasteiger partial charge in [0.1, 0.15) is 11.3 Å². The number of phenolic OH excluding ortho intramolecular Hbond substituents is 1. The second kappa shape index (κ2) is 6.05. The number of nitrogens with one attached hydrogen (secondary N) is 1. The van der Waals surface area contributed by atoms with Crippen LogP contribution in [0.4, 0.5) is 0 Å². The molecule has 5 nitrogen and oxygen atoms in total. The van der Waals surface area contributed by atoms with Crippen molar-refractivity contribution in [1.82, 2.24) is 5.32 Å². The molecule has 0 spiro atoms. The fourth-order valence-electron chi connectivity index (χ4n) is 1.42. The molecule has 0 saturated heterocycles. The first-order valence-corrected chi connectivity index (χ1v) is 5.74. The molecule has 2 N–H and O–H groups in total. The Balaban J connectivity index is 2.77. The SMILES string of the molecule is CCNC(=O)[C@@H](C)OC(=O)c1cccc(C)c1O. The zero-order valence-electron chi connectivity index (χ0n) is 10.7. The fraction of sp³-hybridized carbons (Fsp3) is 0.385. The normalized spacial score (nSPS) is 11.7. The van der Waals surface area contributed by atoms with Crippen molar-refractivity contribution in [2.45, 2.75) is 26.9 Å². The van der Waals surface area contributed by atoms with Gasteiger partial charge in [-0.2, -0.15) is 0 Å². The molecule has 0 heterocycles. The number of phenols is 1. The van der Waals surface area contributed by atoms with Crippen LogP contribution in [0.2, 0.25) is 0 Å². The highest BCUT2D eigenvalue weighted by atomic mass is 16.5. The predicted molar refractivity (Wildman–Crippen MR) is 66.4 cm³/mol. The molecule has 1 rings (SSSR count). The number of aromatic hydroxyl groups is 1. The van der Waals surface area contributed by atoms with E-state index in [2.05, 4.69) is 5.32 Å². The van der Waals surface area contributed by atoms with Crippen LogP contribution in [0.3, 0.4) is 0 Å². The topological polar surface area (TPSA) is 75.6 Å². The van der Waals surface area contributed by atoms with Gasteiger partial charge in [0, 0.05) is 6.54 Å². The number of likely N-dealkylation sites (N-methyl/N-ethyl adjacent to an activating group) is 1. The standard InChI is InChI=1S/C13H17NO4/c1-4-14-12(16)9(3)18-13(17)10-7-5-6-8(2)11(10)15/h5-7,9,15H,4H2,1-3H3,(H,14,16)/t9-/m1/s1. The number of para-hydroxylation sites is 1. The second-order valence-corrected chi connectivity index (χ2v) is 3.91. The summed E-state index contributed by atoms with van der Waals surface area (Å²) < 4.78 is 4.98. The predicted octanol–water partition coefficient (Wildman–Crippen LogP) is 1.38. The maximum absolute atomic E-state index is 11.8. The second-order valence-electron chi connectivity index (χ2n) is 3.91. The van der Waals surface area contributed by atoms with Gasteiger partial charge >= 0.3 is 5.97 Å². The van der Waals surface area contributed by atoms with Gasteiger partial charge in [-0.25, -0.2) is 4.79 Å². The molecule has 18 heavy (non-hydrogen) atoms. The number of amides is 1. The highest BCUT2D eigenvalue weighted by Crippen LogP contribution is 2.22. The van der Waals surface area contributed by atoms with Crippen molar-refractivity contribution in [3.63, 3.8) is 0 Å². The molecule has 98 valence electrons. The third kappa shape index (κ3) is 3.23. The maximum Gasteiger partial charge on any atom is 0.342 e. The smallest absolute Gasteiger partial charge is 0.342 e. The Labute approximate surface area is 106 Å². The van der Waals surface area contributed by atoms with Crippen LogP contribution in [0, 0.1) is 6.92 Å². The third-order valence-electron chi connectivity index (χ3n) is 2.46. The molecule has 0 aliphatic rings. The molecule has 1 amide bonds. The summed E-state index contributed by atoms with van der Waals surface area (Å²) in [6.07, 6.45) is -0.891. The minimum Gasteiger partial charge on any atom is -0.507 e. The molecule has 0 fully saturated rings. The Morgan fingerprint density at radius 2 is 2.11 bits per heavy atom. The molecule has 1 atom stereocenters. The molecular formula is C13H17NO4. The molecule has 0 bridgehead atoms. The van der Waals surface area contributed by atoms with E-state index >= 15 is 0 Å². The van der Waals surface area contributed by atoms with Crippen LogP contribution >= 0.6 is 0 Å². The molecule has 0 aliphatic heterocycles. The van der Waals surface area contributed by atoms with E-state index in [0.29, 0.717) is 12.1 Å². The van der Waals surface area contributed by atoms with Crippen LogP contribution in [-0.4, -0.2) is 29.6 Å². The van der Waals surface area contributed by atoms with Crippen LogP contribution < -0.4 is 5.32 Å². The van der Waals surface area contributed by atoms with E-state index < -0.39 is 12.1 Å². The number of hydrogen-bond donors (Lipinski definition) is 2. The van der Waals surface area contributed by atoms with E-state index in [1.54, 1.807) is 26.0 Å². The van der Waals surface area contributed by atoms with E-state index in [1.807, 2.05) is 0 Å². The molecule has 5 heteroatoms. The van der Waals surface area contributed by atoms with E-state index in [0.717, 1.165) is 0 Å². The van der Waals surface area contributed by atoms with E-state index in [9.17, 15) is 14.7 Å². The van der Waals surface area contributed by atoms with Gasteiger partial charge in [0.15, 0.2) is 6.10 Å². The van der Waals surface area contributed by atoms with E-state index in [-0.39, 0.29) is 17.2 Å². The Kier molecular flexibility index (Phi) is 4.71. The summed E-state index contributed by atoms with van der Waals surface area (Å²) in [6, 6.07) is 4.77. The van der Waals surface area contributed by atoms with Gasteiger partial charge in [-0.3, -0.25) is 4.79 Å². The lowest BCUT2D eigenvalue weighted by molar-refractivity contribution is -0.128. The van der Waals surface area contributed by atoms with Crippen molar-refractivity contribution in [1.29, 1.82) is 0 Å². The monoisotopic (exact) mass is 251 g/mol. The first-order chi connectivity index (χ1) is 8.47. The van der Waals surface area contributed by atoms with Gasteiger partial charge < -0.3 is 15.2 Å². The number of hydrogen-bond acceptors (Lipinski definition) is 4. The number of carbonyl (C=O) groups excluding carboxylic acids is 2. The maximum atomic E-state index is 11.8. The van der Waals surface area contributed by atoms with E-state index in [1.165, 1.54) is 13.0 Å². The number of rotatable bonds is 4. The van der Waals surface area contributed by atoms with Crippen molar-refractivity contribution < 1.29 is 19.4 Å². The molecule has 0 aromatic heterocycles. The van der Waals surface area contributed by atoms with Crippen LogP contribution in [0.15, 0.2) is 18.2 Å². The van der Waals surface area contributed by atoms with Gasteiger partial charge in [-0.05, 0) is 32.4 Å². The highest BCUT2D eigenvalue weighted by Gasteiger charge is 2.20.